The third-order valence-electron chi connectivity index (χ3n) is 2.27. The molecular formula is C9H13N3OS. The second-order valence-electron chi connectivity index (χ2n) is 3.39. The summed E-state index contributed by atoms with van der Waals surface area (Å²) in [6.07, 6.45) is 2.61. The van der Waals surface area contributed by atoms with E-state index in [2.05, 4.69) is 15.3 Å². The molecule has 4 nitrogen and oxygen atoms in total. The summed E-state index contributed by atoms with van der Waals surface area (Å²) in [5.74, 6) is 0. The van der Waals surface area contributed by atoms with Gasteiger partial charge >= 0.3 is 0 Å². The molecule has 0 amide bonds. The van der Waals surface area contributed by atoms with Gasteiger partial charge in [-0.15, -0.1) is 0 Å². The van der Waals surface area contributed by atoms with E-state index in [0.717, 1.165) is 25.2 Å². The van der Waals surface area contributed by atoms with Crippen LogP contribution in [0.5, 0.6) is 0 Å². The fourth-order valence-corrected chi connectivity index (χ4v) is 2.78. The zero-order chi connectivity index (χ0) is 9.97. The van der Waals surface area contributed by atoms with Crippen molar-refractivity contribution in [2.24, 2.45) is 0 Å². The van der Waals surface area contributed by atoms with Crippen molar-refractivity contribution in [2.45, 2.75) is 23.8 Å². The third kappa shape index (κ3) is 1.99. The highest BCUT2D eigenvalue weighted by Gasteiger charge is 2.23. The Morgan fingerprint density at radius 3 is 3.14 bits per heavy atom. The van der Waals surface area contributed by atoms with Gasteiger partial charge in [-0.05, 0) is 26.0 Å². The van der Waals surface area contributed by atoms with Crippen LogP contribution in [0.15, 0.2) is 17.4 Å². The minimum atomic E-state index is -1.05. The lowest BCUT2D eigenvalue weighted by Crippen LogP contribution is -2.20. The topological polar surface area (TPSA) is 54.9 Å². The molecule has 76 valence electrons. The van der Waals surface area contributed by atoms with Crippen LogP contribution < -0.4 is 5.32 Å². The van der Waals surface area contributed by atoms with Crippen molar-refractivity contribution >= 4 is 10.8 Å². The Balaban J connectivity index is 2.17. The first-order valence-electron chi connectivity index (χ1n) is 4.68. The van der Waals surface area contributed by atoms with Crippen LogP contribution in [0.25, 0.3) is 0 Å². The van der Waals surface area contributed by atoms with Crippen molar-refractivity contribution in [3.05, 3.63) is 18.0 Å². The maximum absolute atomic E-state index is 11.9. The Morgan fingerprint density at radius 2 is 2.50 bits per heavy atom. The predicted octanol–water partition coefficient (Wildman–Crippen LogP) is 0.255. The van der Waals surface area contributed by atoms with Gasteiger partial charge in [0, 0.05) is 18.4 Å². The summed E-state index contributed by atoms with van der Waals surface area (Å²) < 4.78 is 11.9. The molecule has 5 heteroatoms. The van der Waals surface area contributed by atoms with E-state index in [1.807, 2.05) is 13.0 Å². The molecule has 1 aromatic heterocycles. The average molecular weight is 211 g/mol. The normalized spacial score (nSPS) is 23.6. The van der Waals surface area contributed by atoms with Gasteiger partial charge in [0.1, 0.15) is 0 Å². The number of nitrogens with zero attached hydrogens (tertiary/aromatic N) is 2. The van der Waals surface area contributed by atoms with Crippen LogP contribution in [0.4, 0.5) is 0 Å². The summed E-state index contributed by atoms with van der Waals surface area (Å²) in [4.78, 5) is 8.22. The Kier molecular flexibility index (Phi) is 2.88. The summed E-state index contributed by atoms with van der Waals surface area (Å²) in [7, 11) is -1.05. The van der Waals surface area contributed by atoms with E-state index in [4.69, 9.17) is 0 Å². The van der Waals surface area contributed by atoms with Crippen LogP contribution in [0.2, 0.25) is 0 Å². The van der Waals surface area contributed by atoms with Crippen molar-refractivity contribution in [1.29, 1.82) is 0 Å². The molecule has 1 aliphatic rings. The Morgan fingerprint density at radius 1 is 1.64 bits per heavy atom. The summed E-state index contributed by atoms with van der Waals surface area (Å²) in [6.45, 7) is 3.64. The van der Waals surface area contributed by atoms with Crippen molar-refractivity contribution < 1.29 is 4.21 Å². The van der Waals surface area contributed by atoms with Crippen LogP contribution in [0.3, 0.4) is 0 Å². The second kappa shape index (κ2) is 4.14. The molecular weight excluding hydrogens is 198 g/mol. The van der Waals surface area contributed by atoms with E-state index >= 15 is 0 Å². The fraction of sp³-hybridized carbons (Fsp3) is 0.556. The Labute approximate surface area is 85.6 Å². The van der Waals surface area contributed by atoms with Crippen molar-refractivity contribution in [3.8, 4) is 0 Å². The predicted molar refractivity (Wildman–Crippen MR) is 54.5 cm³/mol. The van der Waals surface area contributed by atoms with E-state index in [-0.39, 0.29) is 5.25 Å². The van der Waals surface area contributed by atoms with E-state index < -0.39 is 10.8 Å². The van der Waals surface area contributed by atoms with E-state index in [9.17, 15) is 4.21 Å². The van der Waals surface area contributed by atoms with Gasteiger partial charge < -0.3 is 5.32 Å². The Bertz CT molecular complexity index is 350. The number of aromatic nitrogens is 2. The zero-order valence-corrected chi connectivity index (χ0v) is 8.88. The third-order valence-corrected chi connectivity index (χ3v) is 3.83. The molecule has 1 aromatic rings. The second-order valence-corrected chi connectivity index (χ2v) is 5.02. The monoisotopic (exact) mass is 211 g/mol. The largest absolute Gasteiger partial charge is 0.315 e. The maximum Gasteiger partial charge on any atom is 0.218 e. The molecule has 1 N–H and O–H groups in total. The molecule has 1 fully saturated rings. The highest BCUT2D eigenvalue weighted by molar-refractivity contribution is 7.85. The van der Waals surface area contributed by atoms with Gasteiger partial charge in [-0.25, -0.2) is 9.97 Å². The first kappa shape index (κ1) is 9.73. The molecule has 14 heavy (non-hydrogen) atoms. The molecule has 0 saturated carbocycles. The SMILES string of the molecule is Cc1ccnc(S(=O)[C@H]2CCNC2)n1. The van der Waals surface area contributed by atoms with Crippen LogP contribution >= 0.6 is 0 Å². The fourth-order valence-electron chi connectivity index (χ4n) is 1.48. The maximum atomic E-state index is 11.9. The van der Waals surface area contributed by atoms with Gasteiger partial charge in [-0.2, -0.15) is 0 Å². The van der Waals surface area contributed by atoms with Crippen LogP contribution in [0.1, 0.15) is 12.1 Å². The number of nitrogens with one attached hydrogen (secondary N) is 1. The molecule has 0 aromatic carbocycles. The minimum Gasteiger partial charge on any atom is -0.315 e. The lowest BCUT2D eigenvalue weighted by atomic mass is 10.4. The van der Waals surface area contributed by atoms with Crippen LogP contribution in [0, 0.1) is 6.92 Å². The molecule has 2 atom stereocenters. The smallest absolute Gasteiger partial charge is 0.218 e. The molecule has 1 saturated heterocycles. The molecule has 2 heterocycles. The summed E-state index contributed by atoms with van der Waals surface area (Å²) >= 11 is 0. The van der Waals surface area contributed by atoms with E-state index in [1.54, 1.807) is 6.20 Å². The van der Waals surface area contributed by atoms with Gasteiger partial charge in [0.15, 0.2) is 0 Å². The molecule has 0 spiro atoms. The van der Waals surface area contributed by atoms with E-state index in [0.29, 0.717) is 5.16 Å². The van der Waals surface area contributed by atoms with Crippen molar-refractivity contribution in [3.63, 3.8) is 0 Å². The van der Waals surface area contributed by atoms with Crippen molar-refractivity contribution in [1.82, 2.24) is 15.3 Å². The number of aryl methyl sites for hydroxylation is 1. The Hall–Kier alpha value is -0.810. The van der Waals surface area contributed by atoms with Gasteiger partial charge in [-0.3, -0.25) is 4.21 Å². The molecule has 0 aliphatic carbocycles. The number of rotatable bonds is 2. The highest BCUT2D eigenvalue weighted by Crippen LogP contribution is 2.12. The quantitative estimate of drug-likeness (QED) is 0.713. The van der Waals surface area contributed by atoms with Crippen LogP contribution in [-0.4, -0.2) is 32.5 Å². The van der Waals surface area contributed by atoms with Crippen molar-refractivity contribution in [2.75, 3.05) is 13.1 Å². The summed E-state index contributed by atoms with van der Waals surface area (Å²) in [5.41, 5.74) is 0.870. The lowest BCUT2D eigenvalue weighted by Gasteiger charge is -2.06. The standard InChI is InChI=1S/C9H13N3OS/c1-7-2-5-11-9(12-7)14(13)8-3-4-10-6-8/h2,5,8,10H,3-4,6H2,1H3/t8-,14?/m0/s1. The van der Waals surface area contributed by atoms with Crippen LogP contribution in [-0.2, 0) is 10.8 Å². The number of hydrogen-bond donors (Lipinski definition) is 1. The van der Waals surface area contributed by atoms with Gasteiger partial charge in [0.2, 0.25) is 5.16 Å². The molecule has 1 aliphatic heterocycles. The van der Waals surface area contributed by atoms with Gasteiger partial charge in [0.05, 0.1) is 16.0 Å². The molecule has 1 unspecified atom stereocenters. The molecule has 0 radical (unpaired) electrons. The lowest BCUT2D eigenvalue weighted by molar-refractivity contribution is 0.663. The summed E-state index contributed by atoms with van der Waals surface area (Å²) in [6, 6.07) is 1.81. The molecule has 2 rings (SSSR count). The highest BCUT2D eigenvalue weighted by atomic mass is 32.2. The zero-order valence-electron chi connectivity index (χ0n) is 8.06. The molecule has 0 bridgehead atoms. The minimum absolute atomic E-state index is 0.178. The van der Waals surface area contributed by atoms with Gasteiger partial charge in [0.25, 0.3) is 0 Å². The number of hydrogen-bond acceptors (Lipinski definition) is 4. The average Bonchev–Trinajstić information content (AvgIpc) is 2.69. The van der Waals surface area contributed by atoms with Gasteiger partial charge in [-0.1, -0.05) is 0 Å². The van der Waals surface area contributed by atoms with E-state index in [1.165, 1.54) is 0 Å². The first-order valence-corrected chi connectivity index (χ1v) is 5.89. The first-order chi connectivity index (χ1) is 6.77. The summed E-state index contributed by atoms with van der Waals surface area (Å²) in [5, 5.41) is 3.84.